The maximum Gasteiger partial charge on any atom is 0.243 e. The molecule has 1 unspecified atom stereocenters. The lowest BCUT2D eigenvalue weighted by Gasteiger charge is -2.39. The molecule has 0 radical (unpaired) electrons. The molecule has 2 aliphatic heterocycles. The highest BCUT2D eigenvalue weighted by molar-refractivity contribution is 7.89. The molecule has 0 aromatic heterocycles. The molecule has 3 rings (SSSR count). The van der Waals surface area contributed by atoms with Crippen LogP contribution in [0.3, 0.4) is 0 Å². The van der Waals surface area contributed by atoms with E-state index in [0.717, 1.165) is 36.9 Å². The van der Waals surface area contributed by atoms with Crippen LogP contribution in [0.4, 0.5) is 0 Å². The predicted molar refractivity (Wildman–Crippen MR) is 113 cm³/mol. The summed E-state index contributed by atoms with van der Waals surface area (Å²) in [6, 6.07) is 5.56. The number of hydrogen-bond donors (Lipinski definition) is 1. The number of hydrogen-bond acceptors (Lipinski definition) is 4. The van der Waals surface area contributed by atoms with Gasteiger partial charge in [0.2, 0.25) is 15.9 Å². The predicted octanol–water partition coefficient (Wildman–Crippen LogP) is 2.47. The van der Waals surface area contributed by atoms with Gasteiger partial charge in [0, 0.05) is 38.1 Å². The van der Waals surface area contributed by atoms with E-state index in [9.17, 15) is 13.2 Å². The molecule has 0 saturated carbocycles. The minimum atomic E-state index is -3.51. The summed E-state index contributed by atoms with van der Waals surface area (Å²) in [6.45, 7) is 5.86. The lowest BCUT2D eigenvalue weighted by Crippen LogP contribution is -2.51. The first-order valence-corrected chi connectivity index (χ1v) is 11.4. The fraction of sp³-hybridized carbons (Fsp3) is 0.650. The topological polar surface area (TPSA) is 83.7 Å². The van der Waals surface area contributed by atoms with Gasteiger partial charge in [-0.3, -0.25) is 4.79 Å². The van der Waals surface area contributed by atoms with Crippen LogP contribution in [0.25, 0.3) is 0 Å². The Labute approximate surface area is 174 Å². The van der Waals surface area contributed by atoms with E-state index in [1.54, 1.807) is 6.07 Å². The SMILES string of the molecule is Cc1ccc(S(=O)(=O)N2CCC(C(=O)N3CCCCC3CN)CC2)c(C)c1.Cl. The van der Waals surface area contributed by atoms with Crippen molar-refractivity contribution < 1.29 is 13.2 Å². The minimum Gasteiger partial charge on any atom is -0.338 e. The standard InChI is InChI=1S/C20H31N3O3S.ClH/c1-15-6-7-19(16(2)13-15)27(25,26)22-11-8-17(9-12-22)20(24)23-10-4-3-5-18(23)14-21;/h6-7,13,17-18H,3-5,8-12,14,21H2,1-2H3;1H. The third-order valence-corrected chi connectivity index (χ3v) is 7.99. The molecule has 0 aliphatic carbocycles. The first kappa shape index (κ1) is 23.1. The van der Waals surface area contributed by atoms with Crippen LogP contribution in [0.2, 0.25) is 0 Å². The molecule has 0 spiro atoms. The molecule has 6 nitrogen and oxygen atoms in total. The Morgan fingerprint density at radius 3 is 2.39 bits per heavy atom. The maximum absolute atomic E-state index is 13.0. The van der Waals surface area contributed by atoms with Gasteiger partial charge in [-0.2, -0.15) is 4.31 Å². The largest absolute Gasteiger partial charge is 0.338 e. The molecule has 2 saturated heterocycles. The first-order chi connectivity index (χ1) is 12.8. The van der Waals surface area contributed by atoms with Gasteiger partial charge in [-0.15, -0.1) is 12.4 Å². The zero-order valence-corrected chi connectivity index (χ0v) is 18.4. The van der Waals surface area contributed by atoms with Gasteiger partial charge in [-0.25, -0.2) is 8.42 Å². The zero-order chi connectivity index (χ0) is 19.6. The van der Waals surface area contributed by atoms with Crippen molar-refractivity contribution in [2.24, 2.45) is 11.7 Å². The number of carbonyl (C=O) groups is 1. The van der Waals surface area contributed by atoms with Crippen LogP contribution < -0.4 is 5.73 Å². The molecule has 158 valence electrons. The molecule has 8 heteroatoms. The van der Waals surface area contributed by atoms with Crippen molar-refractivity contribution in [3.63, 3.8) is 0 Å². The first-order valence-electron chi connectivity index (χ1n) is 9.92. The van der Waals surface area contributed by atoms with Gasteiger partial charge < -0.3 is 10.6 Å². The smallest absolute Gasteiger partial charge is 0.243 e. The number of aryl methyl sites for hydroxylation is 2. The van der Waals surface area contributed by atoms with Crippen LogP contribution in [0.1, 0.15) is 43.2 Å². The van der Waals surface area contributed by atoms with Crippen LogP contribution in [-0.2, 0) is 14.8 Å². The fourth-order valence-corrected chi connectivity index (χ4v) is 6.02. The Morgan fingerprint density at radius 1 is 1.11 bits per heavy atom. The molecule has 1 aromatic rings. The Bertz CT molecular complexity index is 792. The molecule has 2 fully saturated rings. The molecular weight excluding hydrogens is 398 g/mol. The molecule has 1 atom stereocenters. The summed E-state index contributed by atoms with van der Waals surface area (Å²) in [6.07, 6.45) is 4.29. The van der Waals surface area contributed by atoms with Crippen molar-refractivity contribution in [1.82, 2.24) is 9.21 Å². The summed E-state index contributed by atoms with van der Waals surface area (Å²) in [4.78, 5) is 15.3. The van der Waals surface area contributed by atoms with Crippen molar-refractivity contribution in [1.29, 1.82) is 0 Å². The van der Waals surface area contributed by atoms with Crippen LogP contribution in [0.15, 0.2) is 23.1 Å². The number of nitrogens with two attached hydrogens (primary N) is 1. The van der Waals surface area contributed by atoms with Crippen LogP contribution in [-0.4, -0.2) is 55.8 Å². The third-order valence-electron chi connectivity index (χ3n) is 5.93. The summed E-state index contributed by atoms with van der Waals surface area (Å²) in [7, 11) is -3.51. The van der Waals surface area contributed by atoms with E-state index in [2.05, 4.69) is 0 Å². The van der Waals surface area contributed by atoms with Crippen molar-refractivity contribution in [2.75, 3.05) is 26.2 Å². The zero-order valence-electron chi connectivity index (χ0n) is 16.8. The summed E-state index contributed by atoms with van der Waals surface area (Å²) in [5, 5.41) is 0. The van der Waals surface area contributed by atoms with Crippen molar-refractivity contribution >= 4 is 28.3 Å². The van der Waals surface area contributed by atoms with Gasteiger partial charge in [0.15, 0.2) is 0 Å². The van der Waals surface area contributed by atoms with Gasteiger partial charge in [0.1, 0.15) is 0 Å². The summed E-state index contributed by atoms with van der Waals surface area (Å²) >= 11 is 0. The van der Waals surface area contributed by atoms with E-state index in [4.69, 9.17) is 5.73 Å². The number of sulfonamides is 1. The molecule has 2 N–H and O–H groups in total. The van der Waals surface area contributed by atoms with E-state index in [-0.39, 0.29) is 30.3 Å². The molecule has 1 aromatic carbocycles. The molecule has 28 heavy (non-hydrogen) atoms. The lowest BCUT2D eigenvalue weighted by molar-refractivity contribution is -0.140. The number of piperidine rings is 2. The molecule has 2 aliphatic rings. The Morgan fingerprint density at radius 2 is 1.79 bits per heavy atom. The minimum absolute atomic E-state index is 0. The van der Waals surface area contributed by atoms with Crippen LogP contribution in [0.5, 0.6) is 0 Å². The van der Waals surface area contributed by atoms with Gasteiger partial charge in [-0.1, -0.05) is 17.7 Å². The molecule has 1 amide bonds. The second-order valence-corrected chi connectivity index (χ2v) is 9.77. The Balaban J connectivity index is 0.00000280. The molecule has 0 bridgehead atoms. The number of rotatable bonds is 4. The number of nitrogens with zero attached hydrogens (tertiary/aromatic N) is 2. The van der Waals surface area contributed by atoms with E-state index in [0.29, 0.717) is 37.4 Å². The normalized spacial score (nSPS) is 22.0. The van der Waals surface area contributed by atoms with Gasteiger partial charge in [0.05, 0.1) is 4.90 Å². The van der Waals surface area contributed by atoms with E-state index < -0.39 is 10.0 Å². The van der Waals surface area contributed by atoms with Crippen LogP contribution in [0, 0.1) is 19.8 Å². The van der Waals surface area contributed by atoms with Crippen LogP contribution >= 0.6 is 12.4 Å². The van der Waals surface area contributed by atoms with E-state index in [1.807, 2.05) is 30.9 Å². The van der Waals surface area contributed by atoms with Gasteiger partial charge in [-0.05, 0) is 57.6 Å². The maximum atomic E-state index is 13.0. The van der Waals surface area contributed by atoms with Crippen molar-refractivity contribution in [2.45, 2.75) is 56.9 Å². The molecule has 2 heterocycles. The van der Waals surface area contributed by atoms with Crippen molar-refractivity contribution in [3.05, 3.63) is 29.3 Å². The second-order valence-electron chi connectivity index (χ2n) is 7.86. The van der Waals surface area contributed by atoms with E-state index in [1.165, 1.54) is 4.31 Å². The highest BCUT2D eigenvalue weighted by atomic mass is 35.5. The summed E-state index contributed by atoms with van der Waals surface area (Å²) in [5.41, 5.74) is 7.67. The number of likely N-dealkylation sites (tertiary alicyclic amines) is 1. The van der Waals surface area contributed by atoms with Gasteiger partial charge >= 0.3 is 0 Å². The summed E-state index contributed by atoms with van der Waals surface area (Å²) in [5.74, 6) is 0.0661. The Kier molecular flexibility index (Phi) is 7.90. The highest BCUT2D eigenvalue weighted by Crippen LogP contribution is 2.28. The number of halogens is 1. The third kappa shape index (κ3) is 4.70. The fourth-order valence-electron chi connectivity index (χ4n) is 4.34. The quantitative estimate of drug-likeness (QED) is 0.796. The lowest BCUT2D eigenvalue weighted by atomic mass is 9.93. The molecular formula is C20H32ClN3O3S. The number of benzene rings is 1. The summed E-state index contributed by atoms with van der Waals surface area (Å²) < 4.78 is 27.6. The average molecular weight is 430 g/mol. The monoisotopic (exact) mass is 429 g/mol. The Hall–Kier alpha value is -1.15. The second kappa shape index (κ2) is 9.57. The number of carbonyl (C=O) groups excluding carboxylic acids is 1. The van der Waals surface area contributed by atoms with Gasteiger partial charge in [0.25, 0.3) is 0 Å². The van der Waals surface area contributed by atoms with E-state index >= 15 is 0 Å². The number of amides is 1. The van der Waals surface area contributed by atoms with Crippen molar-refractivity contribution in [3.8, 4) is 0 Å². The highest BCUT2D eigenvalue weighted by Gasteiger charge is 2.36. The average Bonchev–Trinajstić information content (AvgIpc) is 2.67.